The lowest BCUT2D eigenvalue weighted by Crippen LogP contribution is -2.38. The summed E-state index contributed by atoms with van der Waals surface area (Å²) in [6.45, 7) is 10.4. The lowest BCUT2D eigenvalue weighted by atomic mass is 9.88. The molecule has 170 valence electrons. The molecule has 0 spiro atoms. The summed E-state index contributed by atoms with van der Waals surface area (Å²) >= 11 is 0. The average Bonchev–Trinajstić information content (AvgIpc) is 3.14. The normalized spacial score (nSPS) is 19.1. The Hall–Kier alpha value is -2.87. The molecule has 1 atom stereocenters. The van der Waals surface area contributed by atoms with Gasteiger partial charge in [0, 0.05) is 24.4 Å². The molecule has 0 saturated carbocycles. The van der Waals surface area contributed by atoms with E-state index < -0.39 is 17.5 Å². The first kappa shape index (κ1) is 22.3. The number of aromatic nitrogens is 3. The largest absolute Gasteiger partial charge is 0.379 e. The van der Waals surface area contributed by atoms with Gasteiger partial charge in [0.2, 0.25) is 0 Å². The van der Waals surface area contributed by atoms with Crippen LogP contribution in [0.2, 0.25) is 0 Å². The van der Waals surface area contributed by atoms with Gasteiger partial charge in [-0.2, -0.15) is 0 Å². The quantitative estimate of drug-likeness (QED) is 0.613. The Labute approximate surface area is 185 Å². The number of hydrogen-bond acceptors (Lipinski definition) is 5. The summed E-state index contributed by atoms with van der Waals surface area (Å²) in [6.07, 6.45) is -0.0253. The Morgan fingerprint density at radius 3 is 2.66 bits per heavy atom. The molecule has 1 fully saturated rings. The third kappa shape index (κ3) is 3.88. The van der Waals surface area contributed by atoms with E-state index in [0.717, 1.165) is 12.0 Å². The van der Waals surface area contributed by atoms with Crippen LogP contribution in [0.1, 0.15) is 56.1 Å². The molecule has 1 aliphatic heterocycles. The van der Waals surface area contributed by atoms with Crippen molar-refractivity contribution in [3.05, 3.63) is 63.3 Å². The number of nitrogens with one attached hydrogen (secondary N) is 1. The number of benzene rings is 1. The van der Waals surface area contributed by atoms with Crippen LogP contribution in [0.25, 0.3) is 10.9 Å². The fraction of sp³-hybridized carbons (Fsp3) is 0.458. The van der Waals surface area contributed by atoms with E-state index in [9.17, 15) is 13.6 Å². The van der Waals surface area contributed by atoms with Crippen LogP contribution >= 0.6 is 0 Å². The van der Waals surface area contributed by atoms with E-state index in [4.69, 9.17) is 4.74 Å². The van der Waals surface area contributed by atoms with Gasteiger partial charge in [0.25, 0.3) is 12.0 Å². The topological polar surface area (TPSA) is 69.0 Å². The fourth-order valence-corrected chi connectivity index (χ4v) is 4.51. The monoisotopic (exact) mass is 442 g/mol. The van der Waals surface area contributed by atoms with Crippen LogP contribution in [-0.2, 0) is 15.8 Å². The smallest absolute Gasteiger partial charge is 0.264 e. The third-order valence-corrected chi connectivity index (χ3v) is 6.34. The zero-order valence-electron chi connectivity index (χ0n) is 19.0. The van der Waals surface area contributed by atoms with Gasteiger partial charge in [0.1, 0.15) is 11.6 Å². The standard InChI is InChI=1S/C24H28F2N4O2/c1-14-16(21(25)26)7-6-8-18(14)23(3,4)29-22-17-12-30(24(5)9-10-32-13-24)20(31)11-19(17)27-15(2)28-22/h6-8,11-12,21H,9-10,13H2,1-5H3,(H,27,28,29). The minimum Gasteiger partial charge on any atom is -0.379 e. The van der Waals surface area contributed by atoms with Crippen molar-refractivity contribution in [2.45, 2.75) is 58.5 Å². The molecule has 8 heteroatoms. The highest BCUT2D eigenvalue weighted by atomic mass is 19.3. The number of nitrogens with zero attached hydrogens (tertiary/aromatic N) is 3. The van der Waals surface area contributed by atoms with Crippen molar-refractivity contribution in [1.29, 1.82) is 0 Å². The van der Waals surface area contributed by atoms with E-state index in [1.165, 1.54) is 12.1 Å². The first-order valence-corrected chi connectivity index (χ1v) is 10.7. The average molecular weight is 443 g/mol. The van der Waals surface area contributed by atoms with Gasteiger partial charge < -0.3 is 14.6 Å². The maximum absolute atomic E-state index is 13.5. The van der Waals surface area contributed by atoms with Crippen LogP contribution < -0.4 is 10.9 Å². The second-order valence-electron chi connectivity index (χ2n) is 9.27. The first-order chi connectivity index (χ1) is 15.0. The number of fused-ring (bicyclic) bond motifs is 1. The van der Waals surface area contributed by atoms with Gasteiger partial charge in [-0.25, -0.2) is 18.7 Å². The van der Waals surface area contributed by atoms with E-state index in [0.29, 0.717) is 41.3 Å². The number of anilines is 1. The number of ether oxygens (including phenoxy) is 1. The summed E-state index contributed by atoms with van der Waals surface area (Å²) in [6, 6.07) is 6.47. The van der Waals surface area contributed by atoms with Gasteiger partial charge in [0.05, 0.1) is 28.6 Å². The van der Waals surface area contributed by atoms with Crippen LogP contribution in [0.4, 0.5) is 14.6 Å². The van der Waals surface area contributed by atoms with E-state index in [2.05, 4.69) is 15.3 Å². The maximum atomic E-state index is 13.5. The van der Waals surface area contributed by atoms with Crippen LogP contribution in [0.3, 0.4) is 0 Å². The highest BCUT2D eigenvalue weighted by Crippen LogP contribution is 2.34. The van der Waals surface area contributed by atoms with E-state index in [1.807, 2.05) is 26.8 Å². The molecule has 0 radical (unpaired) electrons. The molecule has 1 aliphatic rings. The Morgan fingerprint density at radius 2 is 2.00 bits per heavy atom. The van der Waals surface area contributed by atoms with Crippen molar-refractivity contribution in [1.82, 2.24) is 14.5 Å². The summed E-state index contributed by atoms with van der Waals surface area (Å²) in [5.41, 5.74) is 0.567. The molecule has 4 rings (SSSR count). The molecule has 1 aromatic carbocycles. The molecule has 3 heterocycles. The molecule has 1 unspecified atom stereocenters. The minimum atomic E-state index is -2.54. The minimum absolute atomic E-state index is 0.0177. The Balaban J connectivity index is 1.84. The van der Waals surface area contributed by atoms with Crippen molar-refractivity contribution < 1.29 is 13.5 Å². The van der Waals surface area contributed by atoms with Crippen molar-refractivity contribution >= 4 is 16.7 Å². The molecule has 6 nitrogen and oxygen atoms in total. The summed E-state index contributed by atoms with van der Waals surface area (Å²) in [5, 5.41) is 4.13. The Kier molecular flexibility index (Phi) is 5.53. The van der Waals surface area contributed by atoms with E-state index in [1.54, 1.807) is 30.7 Å². The van der Waals surface area contributed by atoms with Crippen molar-refractivity contribution in [3.8, 4) is 0 Å². The number of hydrogen-bond donors (Lipinski definition) is 1. The van der Waals surface area contributed by atoms with Gasteiger partial charge in [-0.05, 0) is 52.2 Å². The van der Waals surface area contributed by atoms with Gasteiger partial charge in [-0.1, -0.05) is 18.2 Å². The lowest BCUT2D eigenvalue weighted by molar-refractivity contribution is 0.150. The number of rotatable bonds is 5. The molecule has 0 aliphatic carbocycles. The number of pyridine rings is 1. The summed E-state index contributed by atoms with van der Waals surface area (Å²) in [5.74, 6) is 1.07. The molecule has 1 saturated heterocycles. The number of halogens is 2. The fourth-order valence-electron chi connectivity index (χ4n) is 4.51. The van der Waals surface area contributed by atoms with Gasteiger partial charge in [0.15, 0.2) is 0 Å². The summed E-state index contributed by atoms with van der Waals surface area (Å²) in [7, 11) is 0. The van der Waals surface area contributed by atoms with Crippen LogP contribution in [0.5, 0.6) is 0 Å². The molecule has 3 aromatic rings. The molecule has 2 aromatic heterocycles. The van der Waals surface area contributed by atoms with Gasteiger partial charge in [-0.3, -0.25) is 4.79 Å². The maximum Gasteiger partial charge on any atom is 0.264 e. The number of alkyl halides is 2. The SMILES string of the molecule is Cc1nc(NC(C)(C)c2cccc(C(F)F)c2C)c2cn(C3(C)CCOC3)c(=O)cc2n1. The molecular weight excluding hydrogens is 414 g/mol. The van der Waals surface area contributed by atoms with Crippen molar-refractivity contribution in [3.63, 3.8) is 0 Å². The van der Waals surface area contributed by atoms with Crippen molar-refractivity contribution in [2.75, 3.05) is 18.5 Å². The van der Waals surface area contributed by atoms with Gasteiger partial charge in [-0.15, -0.1) is 0 Å². The predicted molar refractivity (Wildman–Crippen MR) is 120 cm³/mol. The molecule has 0 bridgehead atoms. The third-order valence-electron chi connectivity index (χ3n) is 6.34. The lowest BCUT2D eigenvalue weighted by Gasteiger charge is -2.31. The summed E-state index contributed by atoms with van der Waals surface area (Å²) in [4.78, 5) is 21.9. The molecular formula is C24H28F2N4O2. The zero-order valence-corrected chi connectivity index (χ0v) is 19.0. The van der Waals surface area contributed by atoms with E-state index >= 15 is 0 Å². The molecule has 0 amide bonds. The second kappa shape index (κ2) is 7.92. The predicted octanol–water partition coefficient (Wildman–Crippen LogP) is 4.83. The zero-order chi connectivity index (χ0) is 23.3. The number of aryl methyl sites for hydroxylation is 1. The first-order valence-electron chi connectivity index (χ1n) is 10.7. The molecule has 32 heavy (non-hydrogen) atoms. The van der Waals surface area contributed by atoms with Crippen molar-refractivity contribution in [2.24, 2.45) is 0 Å². The highest BCUT2D eigenvalue weighted by Gasteiger charge is 2.33. The Bertz CT molecular complexity index is 1230. The summed E-state index contributed by atoms with van der Waals surface area (Å²) < 4.78 is 34.2. The van der Waals surface area contributed by atoms with E-state index in [-0.39, 0.29) is 11.1 Å². The highest BCUT2D eigenvalue weighted by molar-refractivity contribution is 5.88. The van der Waals surface area contributed by atoms with Gasteiger partial charge >= 0.3 is 0 Å². The molecule has 1 N–H and O–H groups in total. The second-order valence-corrected chi connectivity index (χ2v) is 9.27. The Morgan fingerprint density at radius 1 is 1.25 bits per heavy atom. The van der Waals surface area contributed by atoms with Crippen LogP contribution in [0, 0.1) is 13.8 Å². The van der Waals surface area contributed by atoms with Crippen LogP contribution in [-0.4, -0.2) is 27.7 Å². The van der Waals surface area contributed by atoms with Crippen LogP contribution in [0.15, 0.2) is 35.3 Å².